The van der Waals surface area contributed by atoms with Gasteiger partial charge in [-0.2, -0.15) is 0 Å². The Morgan fingerprint density at radius 2 is 2.00 bits per heavy atom. The first kappa shape index (κ1) is 17.4. The molecule has 0 spiro atoms. The third kappa shape index (κ3) is 3.86. The highest BCUT2D eigenvalue weighted by atomic mass is 32.2. The van der Waals surface area contributed by atoms with Crippen molar-refractivity contribution in [3.05, 3.63) is 36.5 Å². The third-order valence-electron chi connectivity index (χ3n) is 3.79. The van der Waals surface area contributed by atoms with Gasteiger partial charge in [0.1, 0.15) is 0 Å². The maximum absolute atomic E-state index is 12.7. The van der Waals surface area contributed by atoms with Gasteiger partial charge in [0.25, 0.3) is 0 Å². The average Bonchev–Trinajstić information content (AvgIpc) is 2.50. The highest BCUT2D eigenvalue weighted by molar-refractivity contribution is 7.91. The minimum atomic E-state index is -3.69. The molecule has 6 nitrogen and oxygen atoms in total. The Labute approximate surface area is 135 Å². The number of benzene rings is 1. The van der Waals surface area contributed by atoms with Gasteiger partial charge in [-0.05, 0) is 29.7 Å². The van der Waals surface area contributed by atoms with Crippen molar-refractivity contribution in [3.8, 4) is 0 Å². The van der Waals surface area contributed by atoms with E-state index in [1.165, 1.54) is 6.07 Å². The highest BCUT2D eigenvalue weighted by Gasteiger charge is 2.36. The maximum atomic E-state index is 12.7. The van der Waals surface area contributed by atoms with Crippen LogP contribution in [-0.2, 0) is 14.6 Å². The molecule has 0 saturated heterocycles. The Bertz CT molecular complexity index is 825. The lowest BCUT2D eigenvalue weighted by molar-refractivity contribution is -0.135. The quantitative estimate of drug-likeness (QED) is 0.659. The molecule has 0 aliphatic heterocycles. The van der Waals surface area contributed by atoms with Crippen LogP contribution < -0.4 is 5.48 Å². The van der Waals surface area contributed by atoms with Crippen LogP contribution in [0.5, 0.6) is 0 Å². The molecule has 0 aliphatic carbocycles. The normalized spacial score (nSPS) is 13.7. The van der Waals surface area contributed by atoms with Gasteiger partial charge < -0.3 is 0 Å². The number of rotatable bonds is 4. The Balaban J connectivity index is 2.41. The van der Waals surface area contributed by atoms with Crippen molar-refractivity contribution in [3.63, 3.8) is 0 Å². The van der Waals surface area contributed by atoms with Gasteiger partial charge in [0.05, 0.1) is 22.1 Å². The fourth-order valence-corrected chi connectivity index (χ4v) is 4.22. The number of sulfone groups is 1. The number of amides is 1. The van der Waals surface area contributed by atoms with Crippen LogP contribution in [0.4, 0.5) is 0 Å². The number of nitrogens with one attached hydrogen (secondary N) is 1. The van der Waals surface area contributed by atoms with Crippen molar-refractivity contribution in [1.29, 1.82) is 0 Å². The summed E-state index contributed by atoms with van der Waals surface area (Å²) in [6.07, 6.45) is 1.64. The molecule has 2 aromatic rings. The first-order valence-electron chi connectivity index (χ1n) is 7.16. The summed E-state index contributed by atoms with van der Waals surface area (Å²) in [4.78, 5) is 16.1. The number of nitrogens with zero attached hydrogens (tertiary/aromatic N) is 1. The van der Waals surface area contributed by atoms with Gasteiger partial charge in [0, 0.05) is 11.6 Å². The number of fused-ring (bicyclic) bond motifs is 1. The lowest BCUT2D eigenvalue weighted by Gasteiger charge is -2.28. The number of carbonyl (C=O) groups is 1. The molecule has 7 heteroatoms. The van der Waals surface area contributed by atoms with Crippen molar-refractivity contribution in [2.75, 3.05) is 5.75 Å². The third-order valence-corrected chi connectivity index (χ3v) is 5.54. The largest absolute Gasteiger partial charge is 0.289 e. The minimum Gasteiger partial charge on any atom is -0.289 e. The summed E-state index contributed by atoms with van der Waals surface area (Å²) in [7, 11) is -3.69. The Kier molecular flexibility index (Phi) is 4.72. The van der Waals surface area contributed by atoms with Gasteiger partial charge in [-0.25, -0.2) is 13.9 Å². The molecule has 124 valence electrons. The van der Waals surface area contributed by atoms with E-state index >= 15 is 0 Å². The first-order chi connectivity index (χ1) is 10.6. The fourth-order valence-electron chi connectivity index (χ4n) is 2.36. The van der Waals surface area contributed by atoms with E-state index in [-0.39, 0.29) is 10.6 Å². The maximum Gasteiger partial charge on any atom is 0.248 e. The van der Waals surface area contributed by atoms with Crippen molar-refractivity contribution in [1.82, 2.24) is 10.5 Å². The smallest absolute Gasteiger partial charge is 0.248 e. The lowest BCUT2D eigenvalue weighted by atomic mass is 9.81. The molecule has 1 atom stereocenters. The van der Waals surface area contributed by atoms with Gasteiger partial charge in [0.15, 0.2) is 9.84 Å². The van der Waals surface area contributed by atoms with Crippen molar-refractivity contribution in [2.45, 2.75) is 25.7 Å². The van der Waals surface area contributed by atoms with Gasteiger partial charge in [-0.3, -0.25) is 15.0 Å². The summed E-state index contributed by atoms with van der Waals surface area (Å²) in [6.45, 7) is 5.27. The minimum absolute atomic E-state index is 0.137. The van der Waals surface area contributed by atoms with Crippen LogP contribution in [0.1, 0.15) is 20.8 Å². The van der Waals surface area contributed by atoms with Gasteiger partial charge in [0.2, 0.25) is 5.91 Å². The topological polar surface area (TPSA) is 96.4 Å². The predicted octanol–water partition coefficient (Wildman–Crippen LogP) is 2.18. The summed E-state index contributed by atoms with van der Waals surface area (Å²) in [5.41, 5.74) is 1.65. The second-order valence-electron chi connectivity index (χ2n) is 6.53. The van der Waals surface area contributed by atoms with Crippen LogP contribution in [-0.4, -0.2) is 30.3 Å². The van der Waals surface area contributed by atoms with E-state index in [2.05, 4.69) is 4.98 Å². The first-order valence-corrected chi connectivity index (χ1v) is 8.82. The number of hydrogen-bond acceptors (Lipinski definition) is 5. The van der Waals surface area contributed by atoms with E-state index in [1.54, 1.807) is 56.7 Å². The molecule has 0 bridgehead atoms. The van der Waals surface area contributed by atoms with Crippen LogP contribution in [0.25, 0.3) is 10.9 Å². The molecule has 1 amide bonds. The van der Waals surface area contributed by atoms with E-state index in [0.29, 0.717) is 10.9 Å². The summed E-state index contributed by atoms with van der Waals surface area (Å²) in [6, 6.07) is 8.19. The van der Waals surface area contributed by atoms with Gasteiger partial charge in [-0.1, -0.05) is 26.8 Å². The molecule has 1 aromatic heterocycles. The van der Waals surface area contributed by atoms with E-state index in [9.17, 15) is 13.2 Å². The number of hydroxylamine groups is 1. The lowest BCUT2D eigenvalue weighted by Crippen LogP contribution is -2.40. The SMILES string of the molecule is CC(C)(C)[C@@H](CS(=O)(=O)c1ccc2ncccc2c1)C(=O)NO. The fraction of sp³-hybridized carbons (Fsp3) is 0.375. The molecule has 23 heavy (non-hydrogen) atoms. The number of pyridine rings is 1. The summed E-state index contributed by atoms with van der Waals surface area (Å²) in [5, 5.41) is 9.59. The zero-order valence-electron chi connectivity index (χ0n) is 13.3. The predicted molar refractivity (Wildman–Crippen MR) is 86.7 cm³/mol. The molecule has 2 rings (SSSR count). The van der Waals surface area contributed by atoms with Gasteiger partial charge >= 0.3 is 0 Å². The summed E-state index contributed by atoms with van der Waals surface area (Å²) in [5.74, 6) is -1.96. The molecule has 0 radical (unpaired) electrons. The van der Waals surface area contributed by atoms with Crippen molar-refractivity contribution >= 4 is 26.6 Å². The van der Waals surface area contributed by atoms with E-state index in [0.717, 1.165) is 0 Å². The number of hydrogen-bond donors (Lipinski definition) is 2. The number of carbonyl (C=O) groups excluding carboxylic acids is 1. The average molecular weight is 336 g/mol. The molecule has 1 heterocycles. The van der Waals surface area contributed by atoms with Crippen LogP contribution in [0.2, 0.25) is 0 Å². The zero-order chi connectivity index (χ0) is 17.3. The Morgan fingerprint density at radius 3 is 2.61 bits per heavy atom. The number of aromatic nitrogens is 1. The van der Waals surface area contributed by atoms with Gasteiger partial charge in [-0.15, -0.1) is 0 Å². The Morgan fingerprint density at radius 1 is 1.30 bits per heavy atom. The highest BCUT2D eigenvalue weighted by Crippen LogP contribution is 2.30. The molecule has 0 unspecified atom stereocenters. The van der Waals surface area contributed by atoms with Crippen molar-refractivity contribution in [2.24, 2.45) is 11.3 Å². The molecular formula is C16H20N2O4S. The van der Waals surface area contributed by atoms with Crippen LogP contribution in [0.15, 0.2) is 41.4 Å². The monoisotopic (exact) mass is 336 g/mol. The van der Waals surface area contributed by atoms with E-state index in [4.69, 9.17) is 5.21 Å². The molecule has 0 aliphatic rings. The van der Waals surface area contributed by atoms with E-state index in [1.807, 2.05) is 0 Å². The molecular weight excluding hydrogens is 316 g/mol. The van der Waals surface area contributed by atoms with Crippen LogP contribution in [0, 0.1) is 11.3 Å². The Hall–Kier alpha value is -1.99. The van der Waals surface area contributed by atoms with Crippen molar-refractivity contribution < 1.29 is 18.4 Å². The zero-order valence-corrected chi connectivity index (χ0v) is 14.1. The standard InChI is InChI=1S/C16H20N2O4S/c1-16(2,3)13(15(19)18-20)10-23(21,22)12-6-7-14-11(9-12)5-4-8-17-14/h4-9,13,20H,10H2,1-3H3,(H,18,19)/t13-/m0/s1. The summed E-state index contributed by atoms with van der Waals surface area (Å²) < 4.78 is 25.3. The molecule has 2 N–H and O–H groups in total. The van der Waals surface area contributed by atoms with E-state index < -0.39 is 27.1 Å². The second kappa shape index (κ2) is 6.25. The molecule has 0 saturated carbocycles. The van der Waals surface area contributed by atoms with Crippen LogP contribution in [0.3, 0.4) is 0 Å². The second-order valence-corrected chi connectivity index (χ2v) is 8.57. The molecule has 0 fully saturated rings. The van der Waals surface area contributed by atoms with Crippen LogP contribution >= 0.6 is 0 Å². The molecule has 1 aromatic carbocycles. The summed E-state index contributed by atoms with van der Waals surface area (Å²) >= 11 is 0.